The van der Waals surface area contributed by atoms with Gasteiger partial charge in [-0.25, -0.2) is 8.42 Å². The molecule has 0 aliphatic rings. The Labute approximate surface area is 241 Å². The maximum Gasteiger partial charge on any atom is 0.242 e. The Hall–Kier alpha value is -3.46. The summed E-state index contributed by atoms with van der Waals surface area (Å²) in [4.78, 5) is 37.0. The molecule has 2 amide bonds. The predicted molar refractivity (Wildman–Crippen MR) is 157 cm³/mol. The molecule has 3 aromatic rings. The Morgan fingerprint density at radius 3 is 1.98 bits per heavy atom. The zero-order valence-electron chi connectivity index (χ0n) is 23.4. The molecule has 3 atom stereocenters. The zero-order valence-corrected chi connectivity index (χ0v) is 25.1. The van der Waals surface area contributed by atoms with Crippen LogP contribution in [0.25, 0.3) is 0 Å². The van der Waals surface area contributed by atoms with E-state index in [9.17, 15) is 32.6 Å². The number of likely N-dealkylation sites (N-methyl/N-ethyl adjacent to an activating group) is 1. The number of amides is 2. The van der Waals surface area contributed by atoms with E-state index < -0.39 is 41.0 Å². The van der Waals surface area contributed by atoms with Crippen molar-refractivity contribution >= 4 is 29.0 Å². The molecule has 3 aromatic carbocycles. The van der Waals surface area contributed by atoms with Crippen LogP contribution in [0.4, 0.5) is 0 Å². The smallest absolute Gasteiger partial charge is 0.242 e. The Balaban J connectivity index is 1.73. The van der Waals surface area contributed by atoms with Crippen molar-refractivity contribution in [2.45, 2.75) is 48.7 Å². The van der Waals surface area contributed by atoms with Gasteiger partial charge < -0.3 is 20.6 Å². The summed E-state index contributed by atoms with van der Waals surface area (Å²) in [6.07, 6.45) is -0.00684. The monoisotopic (exact) mass is 600 g/mol. The maximum atomic E-state index is 13.3. The van der Waals surface area contributed by atoms with Gasteiger partial charge in [0.15, 0.2) is 0 Å². The first-order valence-electron chi connectivity index (χ1n) is 13.3. The number of rotatable bonds is 13. The zero-order chi connectivity index (χ0) is 30.2. The highest BCUT2D eigenvalue weighted by Crippen LogP contribution is 2.47. The van der Waals surface area contributed by atoms with Gasteiger partial charge in [0.1, 0.15) is 11.8 Å². The highest BCUT2D eigenvalue weighted by atomic mass is 32.2. The predicted octanol–water partition coefficient (Wildman–Crippen LogP) is 4.13. The van der Waals surface area contributed by atoms with Gasteiger partial charge >= 0.3 is 0 Å². The van der Waals surface area contributed by atoms with Crippen LogP contribution in [0.3, 0.4) is 0 Å². The SMILES string of the molecule is CNC(=O)[C@@H](Cc1ccc(O)cc1)NC(=O)C(CC(C)C)CP(=O)(O)Cc1ccc(S(=O)(=O)c2ccccc2)cc1. The molecule has 3 rings (SSSR count). The molecule has 11 heteroatoms. The van der Waals surface area contributed by atoms with Crippen LogP contribution in [0.15, 0.2) is 88.7 Å². The van der Waals surface area contributed by atoms with Crippen molar-refractivity contribution in [1.82, 2.24) is 10.6 Å². The lowest BCUT2D eigenvalue weighted by molar-refractivity contribution is -0.130. The minimum Gasteiger partial charge on any atom is -0.508 e. The van der Waals surface area contributed by atoms with Crippen molar-refractivity contribution < 1.29 is 32.6 Å². The van der Waals surface area contributed by atoms with Crippen molar-refractivity contribution in [3.63, 3.8) is 0 Å². The number of carbonyl (C=O) groups is 2. The van der Waals surface area contributed by atoms with Gasteiger partial charge in [0.25, 0.3) is 0 Å². The van der Waals surface area contributed by atoms with E-state index in [2.05, 4.69) is 10.6 Å². The maximum absolute atomic E-state index is 13.3. The highest BCUT2D eigenvalue weighted by Gasteiger charge is 2.32. The minimum atomic E-state index is -3.88. The average Bonchev–Trinajstić information content (AvgIpc) is 2.93. The molecule has 0 bridgehead atoms. The largest absolute Gasteiger partial charge is 0.508 e. The third-order valence-corrected chi connectivity index (χ3v) is 10.3. The Kier molecular flexibility index (Phi) is 10.9. The van der Waals surface area contributed by atoms with E-state index >= 15 is 0 Å². The molecule has 0 heterocycles. The number of phenols is 1. The van der Waals surface area contributed by atoms with E-state index in [-0.39, 0.29) is 40.2 Å². The summed E-state index contributed by atoms with van der Waals surface area (Å²) in [6.45, 7) is 3.81. The first-order chi connectivity index (χ1) is 19.3. The molecule has 9 nitrogen and oxygen atoms in total. The first kappa shape index (κ1) is 32.1. The number of carbonyl (C=O) groups excluding carboxylic acids is 2. The van der Waals surface area contributed by atoms with Crippen LogP contribution in [0.5, 0.6) is 5.75 Å². The fourth-order valence-electron chi connectivity index (χ4n) is 4.58. The van der Waals surface area contributed by atoms with Crippen LogP contribution in [-0.4, -0.2) is 49.5 Å². The summed E-state index contributed by atoms with van der Waals surface area (Å²) in [6, 6.07) is 19.2. The first-order valence-corrected chi connectivity index (χ1v) is 16.8. The molecular weight excluding hydrogens is 563 g/mol. The Morgan fingerprint density at radius 2 is 1.41 bits per heavy atom. The Morgan fingerprint density at radius 1 is 0.854 bits per heavy atom. The number of nitrogens with one attached hydrogen (secondary N) is 2. The van der Waals surface area contributed by atoms with Crippen molar-refractivity contribution in [1.29, 1.82) is 0 Å². The quantitative estimate of drug-likeness (QED) is 0.216. The van der Waals surface area contributed by atoms with Crippen LogP contribution in [0.2, 0.25) is 0 Å². The summed E-state index contributed by atoms with van der Waals surface area (Å²) >= 11 is 0. The van der Waals surface area contributed by atoms with E-state index in [1.165, 1.54) is 55.6 Å². The second-order valence-corrected chi connectivity index (χ2v) is 14.8. The van der Waals surface area contributed by atoms with Crippen molar-refractivity contribution in [2.24, 2.45) is 11.8 Å². The van der Waals surface area contributed by atoms with E-state index in [1.54, 1.807) is 30.3 Å². The van der Waals surface area contributed by atoms with Crippen LogP contribution in [0, 0.1) is 11.8 Å². The number of hydrogen-bond acceptors (Lipinski definition) is 6. The molecule has 0 fully saturated rings. The molecule has 41 heavy (non-hydrogen) atoms. The van der Waals surface area contributed by atoms with Gasteiger partial charge in [-0.2, -0.15) is 0 Å². The summed E-state index contributed by atoms with van der Waals surface area (Å²) in [7, 11) is -6.14. The molecule has 2 unspecified atom stereocenters. The van der Waals surface area contributed by atoms with Gasteiger partial charge in [0.05, 0.1) is 9.79 Å². The molecule has 220 valence electrons. The van der Waals surface area contributed by atoms with Crippen LogP contribution < -0.4 is 10.6 Å². The van der Waals surface area contributed by atoms with E-state index in [1.807, 2.05) is 13.8 Å². The van der Waals surface area contributed by atoms with Crippen LogP contribution >= 0.6 is 7.37 Å². The van der Waals surface area contributed by atoms with Crippen molar-refractivity contribution in [3.8, 4) is 5.75 Å². The molecule has 0 saturated heterocycles. The molecule has 0 spiro atoms. The van der Waals surface area contributed by atoms with Gasteiger partial charge in [-0.3, -0.25) is 14.2 Å². The number of aromatic hydroxyl groups is 1. The summed E-state index contributed by atoms with van der Waals surface area (Å²) in [5.41, 5.74) is 1.20. The molecule has 0 radical (unpaired) electrons. The topological polar surface area (TPSA) is 150 Å². The van der Waals surface area contributed by atoms with Crippen molar-refractivity contribution in [3.05, 3.63) is 90.0 Å². The van der Waals surface area contributed by atoms with Crippen molar-refractivity contribution in [2.75, 3.05) is 13.2 Å². The summed E-state index contributed by atoms with van der Waals surface area (Å²) < 4.78 is 39.0. The normalized spacial score (nSPS) is 14.6. The number of benzene rings is 3. The minimum absolute atomic E-state index is 0.0452. The lowest BCUT2D eigenvalue weighted by Gasteiger charge is -2.25. The molecule has 0 aliphatic carbocycles. The van der Waals surface area contributed by atoms with Gasteiger partial charge in [0.2, 0.25) is 29.0 Å². The number of hydrogen-bond donors (Lipinski definition) is 4. The summed E-state index contributed by atoms with van der Waals surface area (Å²) in [5.74, 6) is -1.60. The standard InChI is InChI=1S/C30H37N2O7PS/c1-21(2)17-24(29(34)32-28(30(35)31-3)18-22-9-13-25(33)14-10-22)20-40(36,37)19-23-11-15-27(16-12-23)41(38,39)26-7-5-4-6-8-26/h4-16,21,24,28,33H,17-20H2,1-3H3,(H,31,35)(H,32,34)(H,36,37)/t24?,28-/m1/s1. The lowest BCUT2D eigenvalue weighted by atomic mass is 9.97. The highest BCUT2D eigenvalue weighted by molar-refractivity contribution is 7.91. The Bertz CT molecular complexity index is 1480. The van der Waals surface area contributed by atoms with Crippen LogP contribution in [0.1, 0.15) is 31.4 Å². The van der Waals surface area contributed by atoms with Gasteiger partial charge in [-0.15, -0.1) is 0 Å². The van der Waals surface area contributed by atoms with E-state index in [4.69, 9.17) is 0 Å². The van der Waals surface area contributed by atoms with E-state index in [0.717, 1.165) is 5.56 Å². The second kappa shape index (κ2) is 13.9. The van der Waals surface area contributed by atoms with Crippen LogP contribution in [-0.2, 0) is 36.6 Å². The third kappa shape index (κ3) is 9.28. The van der Waals surface area contributed by atoms with Gasteiger partial charge in [0, 0.05) is 31.7 Å². The fourth-order valence-corrected chi connectivity index (χ4v) is 7.77. The van der Waals surface area contributed by atoms with E-state index in [0.29, 0.717) is 12.0 Å². The lowest BCUT2D eigenvalue weighted by Crippen LogP contribution is -2.49. The molecule has 4 N–H and O–H groups in total. The molecule has 0 saturated carbocycles. The number of phenolic OH excluding ortho intramolecular Hbond substituents is 1. The van der Waals surface area contributed by atoms with Gasteiger partial charge in [-0.05, 0) is 59.9 Å². The summed E-state index contributed by atoms with van der Waals surface area (Å²) in [5, 5.41) is 14.8. The molecule has 0 aromatic heterocycles. The second-order valence-electron chi connectivity index (χ2n) is 10.5. The van der Waals surface area contributed by atoms with Gasteiger partial charge in [-0.1, -0.05) is 56.3 Å². The average molecular weight is 601 g/mol. The third-order valence-electron chi connectivity index (χ3n) is 6.60. The number of sulfone groups is 1. The molecular formula is C30H37N2O7PS. The molecule has 0 aliphatic heterocycles. The fraction of sp³-hybridized carbons (Fsp3) is 0.333.